The molecule has 0 atom stereocenters. The van der Waals surface area contributed by atoms with Gasteiger partial charge in [0, 0.05) is 85.8 Å². The Kier molecular flexibility index (Phi) is 32.0. The molecule has 0 saturated carbocycles. The van der Waals surface area contributed by atoms with Crippen LogP contribution in [0.2, 0.25) is 0 Å². The smallest absolute Gasteiger partial charge is 0.330 e. The number of ketones is 6. The van der Waals surface area contributed by atoms with E-state index in [-0.39, 0.29) is 150 Å². The van der Waals surface area contributed by atoms with Gasteiger partial charge in [-0.1, -0.05) is 92.2 Å². The lowest BCUT2D eigenvalue weighted by Gasteiger charge is -2.25. The maximum Gasteiger partial charge on any atom is 0.330 e. The molecular formula is C74H92O18. The Balaban J connectivity index is 2.02. The van der Waals surface area contributed by atoms with E-state index in [0.717, 1.165) is 63.5 Å². The van der Waals surface area contributed by atoms with Gasteiger partial charge >= 0.3 is 23.9 Å². The molecule has 0 heterocycles. The van der Waals surface area contributed by atoms with Crippen molar-refractivity contribution in [1.29, 1.82) is 0 Å². The first-order valence-corrected chi connectivity index (χ1v) is 32.5. The summed E-state index contributed by atoms with van der Waals surface area (Å²) in [5, 5.41) is 0. The minimum Gasteiger partial charge on any atom is -0.489 e. The van der Waals surface area contributed by atoms with Gasteiger partial charge in [-0.25, -0.2) is 9.59 Å². The van der Waals surface area contributed by atoms with Crippen LogP contribution in [0, 0.1) is 0 Å². The number of fused-ring (bicyclic) bond motifs is 8. The van der Waals surface area contributed by atoms with Crippen molar-refractivity contribution in [3.05, 3.63) is 141 Å². The van der Waals surface area contributed by atoms with Crippen LogP contribution in [0.25, 0.3) is 0 Å². The van der Waals surface area contributed by atoms with E-state index >= 15 is 0 Å². The highest BCUT2D eigenvalue weighted by molar-refractivity contribution is 6.00. The van der Waals surface area contributed by atoms with E-state index in [2.05, 4.69) is 13.2 Å². The Hall–Kier alpha value is -8.54. The lowest BCUT2D eigenvalue weighted by Crippen LogP contribution is -2.18. The van der Waals surface area contributed by atoms with Crippen molar-refractivity contribution < 1.29 is 85.8 Å². The Labute approximate surface area is 541 Å². The standard InChI is InChI=1S/C74H92O18/c1-9-15-19-23-63(77)51-37-55-45-56-38-52(64(78)24-20-16-10-2)40-58(72(56)90-32-28-86-68(82)14-6)47-60-42-54(66(80)26-22-18-12-4)44-62(74(60)92-34-30-88-70(84)36-50(8)76)48-61-43-53(65(79)25-21-17-11-3)41-59(73(61)91-33-29-87-69(83)35-49(7)75)46-57(39-51)71(55)89-31-27-85-67(81)13-5/h13-14,37-44H,5-6,9-12,15-36,45-48H2,1-4,7-8H3. The fourth-order valence-electron chi connectivity index (χ4n) is 10.8. The van der Waals surface area contributed by atoms with Gasteiger partial charge in [0.2, 0.25) is 0 Å². The van der Waals surface area contributed by atoms with Crippen LogP contribution in [-0.4, -0.2) is 111 Å². The number of unbranched alkanes of at least 4 members (excludes halogenated alkanes) is 8. The van der Waals surface area contributed by atoms with Crippen LogP contribution in [0.5, 0.6) is 23.0 Å². The van der Waals surface area contributed by atoms with Gasteiger partial charge in [0.15, 0.2) is 23.1 Å². The second kappa shape index (κ2) is 39.7. The minimum atomic E-state index is -0.756. The van der Waals surface area contributed by atoms with Gasteiger partial charge in [0.05, 0.1) is 0 Å². The summed E-state index contributed by atoms with van der Waals surface area (Å²) in [5.41, 5.74) is 4.95. The molecule has 0 fully saturated rings. The van der Waals surface area contributed by atoms with E-state index in [1.165, 1.54) is 13.8 Å². The summed E-state index contributed by atoms with van der Waals surface area (Å²) < 4.78 is 48.9. The fourth-order valence-corrected chi connectivity index (χ4v) is 10.8. The molecule has 8 bridgehead atoms. The molecule has 0 N–H and O–H groups in total. The first-order chi connectivity index (χ1) is 44.3. The van der Waals surface area contributed by atoms with Gasteiger partial charge in [0.1, 0.15) is 100 Å². The van der Waals surface area contributed by atoms with E-state index in [9.17, 15) is 47.9 Å². The molecule has 4 aromatic carbocycles. The second-order valence-electron chi connectivity index (χ2n) is 23.1. The minimum absolute atomic E-state index is 0.0535. The van der Waals surface area contributed by atoms with E-state index in [4.69, 9.17) is 37.9 Å². The third kappa shape index (κ3) is 24.3. The number of ether oxygens (including phenoxy) is 8. The SMILES string of the molecule is C=CC(=O)OCCOc1c2cc(C(=O)CCCCC)cc1Cc1cc(C(=O)CCCCC)cc(c1OCCOC(=O)CC(C)=O)Cc1cc(C(=O)CCCCC)cc(c1OCCOC(=O)CC(C)=O)Cc1cc(C(=O)CCCCC)cc(c1OCCOC(=O)C=C)C2. The summed E-state index contributed by atoms with van der Waals surface area (Å²) >= 11 is 0. The number of Topliss-reactive ketones (excluding diaryl/α,β-unsaturated/α-hetero) is 6. The molecule has 1 aliphatic rings. The normalized spacial score (nSPS) is 11.5. The van der Waals surface area contributed by atoms with Crippen LogP contribution in [-0.2, 0) is 73.4 Å². The highest BCUT2D eigenvalue weighted by Crippen LogP contribution is 2.42. The maximum atomic E-state index is 14.7. The largest absolute Gasteiger partial charge is 0.489 e. The summed E-state index contributed by atoms with van der Waals surface area (Å²) in [6, 6.07) is 13.9. The Bertz CT molecular complexity index is 3060. The Morgan fingerprint density at radius 3 is 0.750 bits per heavy atom. The molecule has 1 aliphatic carbocycles. The van der Waals surface area contributed by atoms with Gasteiger partial charge < -0.3 is 37.9 Å². The molecule has 5 rings (SSSR count). The zero-order chi connectivity index (χ0) is 67.0. The first-order valence-electron chi connectivity index (χ1n) is 32.5. The molecule has 92 heavy (non-hydrogen) atoms. The van der Waals surface area contributed by atoms with Gasteiger partial charge in [-0.05, 0) is 133 Å². The Morgan fingerprint density at radius 2 is 0.554 bits per heavy atom. The monoisotopic (exact) mass is 1270 g/mol. The van der Waals surface area contributed by atoms with Crippen LogP contribution in [0.1, 0.15) is 243 Å². The van der Waals surface area contributed by atoms with Crippen LogP contribution in [0.3, 0.4) is 0 Å². The summed E-state index contributed by atoms with van der Waals surface area (Å²) in [6.07, 6.45) is 10.7. The number of esters is 4. The number of benzene rings is 4. The maximum absolute atomic E-state index is 14.7. The molecule has 4 aromatic rings. The number of carbonyl (C=O) groups is 10. The molecule has 0 amide bonds. The van der Waals surface area contributed by atoms with Crippen molar-refractivity contribution in [3.63, 3.8) is 0 Å². The topological polar surface area (TPSA) is 245 Å². The van der Waals surface area contributed by atoms with Gasteiger partial charge in [-0.15, -0.1) is 0 Å². The predicted octanol–water partition coefficient (Wildman–Crippen LogP) is 13.4. The summed E-state index contributed by atoms with van der Waals surface area (Å²) in [4.78, 5) is 133. The van der Waals surface area contributed by atoms with E-state index in [1.54, 1.807) is 48.5 Å². The van der Waals surface area contributed by atoms with Crippen molar-refractivity contribution in [2.45, 2.75) is 183 Å². The van der Waals surface area contributed by atoms with E-state index < -0.39 is 48.3 Å². The fraction of sp³-hybridized carbons (Fsp3) is 0.486. The summed E-state index contributed by atoms with van der Waals surface area (Å²) in [7, 11) is 0. The molecule has 0 saturated heterocycles. The highest BCUT2D eigenvalue weighted by Gasteiger charge is 2.28. The van der Waals surface area contributed by atoms with Gasteiger partial charge in [-0.2, -0.15) is 0 Å². The summed E-state index contributed by atoms with van der Waals surface area (Å²) in [5.74, 6) is -3.24. The zero-order valence-electron chi connectivity index (χ0n) is 54.7. The van der Waals surface area contributed by atoms with Gasteiger partial charge in [0.25, 0.3) is 0 Å². The summed E-state index contributed by atoms with van der Waals surface area (Å²) in [6.45, 7) is 16.0. The second-order valence-corrected chi connectivity index (χ2v) is 23.1. The number of carbonyl (C=O) groups excluding carboxylic acids is 10. The number of hydrogen-bond donors (Lipinski definition) is 0. The number of hydrogen-bond acceptors (Lipinski definition) is 18. The molecule has 0 radical (unpaired) electrons. The van der Waals surface area contributed by atoms with E-state index in [0.29, 0.717) is 92.4 Å². The third-order valence-corrected chi connectivity index (χ3v) is 15.3. The number of rotatable bonds is 42. The quantitative estimate of drug-likeness (QED) is 0.00880. The van der Waals surface area contributed by atoms with Gasteiger partial charge in [-0.3, -0.25) is 38.4 Å². The van der Waals surface area contributed by atoms with Crippen molar-refractivity contribution in [3.8, 4) is 23.0 Å². The van der Waals surface area contributed by atoms with Crippen LogP contribution in [0.15, 0.2) is 73.8 Å². The van der Waals surface area contributed by atoms with Crippen LogP contribution in [0.4, 0.5) is 0 Å². The highest BCUT2D eigenvalue weighted by atomic mass is 16.6. The van der Waals surface area contributed by atoms with Crippen molar-refractivity contribution in [2.75, 3.05) is 52.9 Å². The van der Waals surface area contributed by atoms with Crippen molar-refractivity contribution in [2.24, 2.45) is 0 Å². The van der Waals surface area contributed by atoms with Crippen LogP contribution < -0.4 is 18.9 Å². The van der Waals surface area contributed by atoms with Crippen molar-refractivity contribution >= 4 is 58.6 Å². The average molecular weight is 1270 g/mol. The molecular weight excluding hydrogens is 1180 g/mol. The van der Waals surface area contributed by atoms with E-state index in [1.807, 2.05) is 27.7 Å². The molecule has 0 spiro atoms. The third-order valence-electron chi connectivity index (χ3n) is 15.3. The molecule has 18 heteroatoms. The molecule has 0 aromatic heterocycles. The Morgan fingerprint density at radius 1 is 0.337 bits per heavy atom. The lowest BCUT2D eigenvalue weighted by molar-refractivity contribution is -0.147. The molecule has 0 aliphatic heterocycles. The molecule has 496 valence electrons. The first kappa shape index (κ1) is 74.2. The lowest BCUT2D eigenvalue weighted by atomic mass is 9.86. The molecule has 0 unspecified atom stereocenters. The van der Waals surface area contributed by atoms with Crippen molar-refractivity contribution in [1.82, 2.24) is 0 Å². The zero-order valence-corrected chi connectivity index (χ0v) is 54.7. The average Bonchev–Trinajstić information content (AvgIpc) is 0.781. The van der Waals surface area contributed by atoms with Crippen LogP contribution >= 0.6 is 0 Å². The molecule has 18 nitrogen and oxygen atoms in total. The predicted molar refractivity (Wildman–Crippen MR) is 348 cm³/mol.